The van der Waals surface area contributed by atoms with Gasteiger partial charge in [-0.05, 0) is 67.7 Å². The number of nitrogens with zero attached hydrogens (tertiary/aromatic N) is 2. The Kier molecular flexibility index (Phi) is 8.30. The molecule has 0 heterocycles. The lowest BCUT2D eigenvalue weighted by Crippen LogP contribution is -2.08. The lowest BCUT2D eigenvalue weighted by atomic mass is 10.0. The van der Waals surface area contributed by atoms with E-state index in [1.807, 2.05) is 13.8 Å². The SMILES string of the molecule is CCc1cccc(CC)c1N=C(C)C(=C=N)C(C)=Nc1c(CC)cccc1CC. The number of nitrogens with one attached hydrogen (secondary N) is 1. The molecule has 2 aromatic carbocycles. The third-order valence-corrected chi connectivity index (χ3v) is 5.34. The summed E-state index contributed by atoms with van der Waals surface area (Å²) in [7, 11) is 0. The minimum Gasteiger partial charge on any atom is -0.258 e. The third-order valence-electron chi connectivity index (χ3n) is 5.34. The highest BCUT2D eigenvalue weighted by Gasteiger charge is 2.12. The van der Waals surface area contributed by atoms with E-state index in [0.717, 1.165) is 48.5 Å². The van der Waals surface area contributed by atoms with Crippen LogP contribution in [0.1, 0.15) is 63.8 Å². The van der Waals surface area contributed by atoms with E-state index >= 15 is 0 Å². The topological polar surface area (TPSA) is 48.6 Å². The van der Waals surface area contributed by atoms with Crippen LogP contribution in [0.3, 0.4) is 0 Å². The molecule has 0 aliphatic heterocycles. The van der Waals surface area contributed by atoms with Gasteiger partial charge in [-0.2, -0.15) is 0 Å². The smallest absolute Gasteiger partial charge is 0.0778 e. The van der Waals surface area contributed by atoms with Gasteiger partial charge in [-0.1, -0.05) is 64.1 Å². The van der Waals surface area contributed by atoms with Gasteiger partial charge < -0.3 is 0 Å². The molecule has 0 radical (unpaired) electrons. The Morgan fingerprint density at radius 1 is 0.690 bits per heavy atom. The summed E-state index contributed by atoms with van der Waals surface area (Å²) in [6.07, 6.45) is 3.72. The molecule has 0 atom stereocenters. The van der Waals surface area contributed by atoms with Crippen molar-refractivity contribution in [2.24, 2.45) is 9.98 Å². The summed E-state index contributed by atoms with van der Waals surface area (Å²) < 4.78 is 0. The highest BCUT2D eigenvalue weighted by Crippen LogP contribution is 2.28. The molecular weight excluding hydrogens is 354 g/mol. The van der Waals surface area contributed by atoms with Gasteiger partial charge in [0.1, 0.15) is 0 Å². The van der Waals surface area contributed by atoms with E-state index in [9.17, 15) is 0 Å². The van der Waals surface area contributed by atoms with E-state index in [1.54, 1.807) is 0 Å². The highest BCUT2D eigenvalue weighted by atomic mass is 14.8. The molecule has 0 saturated carbocycles. The first-order valence-electron chi connectivity index (χ1n) is 10.6. The molecule has 2 aromatic rings. The van der Waals surface area contributed by atoms with Crippen LogP contribution >= 0.6 is 0 Å². The predicted octanol–water partition coefficient (Wildman–Crippen LogP) is 7.00. The van der Waals surface area contributed by atoms with Gasteiger partial charge in [-0.15, -0.1) is 0 Å². The van der Waals surface area contributed by atoms with Crippen molar-refractivity contribution in [3.05, 3.63) is 64.2 Å². The van der Waals surface area contributed by atoms with Crippen molar-refractivity contribution < 1.29 is 0 Å². The van der Waals surface area contributed by atoms with Gasteiger partial charge in [-0.3, -0.25) is 15.4 Å². The van der Waals surface area contributed by atoms with Crippen molar-refractivity contribution in [1.29, 1.82) is 5.41 Å². The second kappa shape index (κ2) is 10.7. The van der Waals surface area contributed by atoms with Crippen LogP contribution in [0.5, 0.6) is 0 Å². The number of benzene rings is 2. The Morgan fingerprint density at radius 2 is 1.00 bits per heavy atom. The minimum atomic E-state index is 0.658. The monoisotopic (exact) mass is 387 g/mol. The van der Waals surface area contributed by atoms with Gasteiger partial charge in [0, 0.05) is 0 Å². The maximum Gasteiger partial charge on any atom is 0.0778 e. The fourth-order valence-electron chi connectivity index (χ4n) is 3.61. The summed E-state index contributed by atoms with van der Waals surface area (Å²) in [6, 6.07) is 12.7. The minimum absolute atomic E-state index is 0.658. The van der Waals surface area contributed by atoms with E-state index in [2.05, 4.69) is 70.0 Å². The van der Waals surface area contributed by atoms with Gasteiger partial charge in [0.15, 0.2) is 0 Å². The Hall–Kier alpha value is -2.77. The zero-order valence-electron chi connectivity index (χ0n) is 18.7. The van der Waals surface area contributed by atoms with Crippen LogP contribution in [0.25, 0.3) is 0 Å². The lowest BCUT2D eigenvalue weighted by Gasteiger charge is -2.12. The highest BCUT2D eigenvalue weighted by molar-refractivity contribution is 6.29. The standard InChI is InChI=1S/C26H33N3/c1-7-20-13-11-14-21(8-2)25(20)28-18(5)24(17-27)19(6)29-26-22(9-3)15-12-16-23(26)10-4/h11-16,27H,7-10H2,1-6H3. The number of aryl methyl sites for hydroxylation is 4. The van der Waals surface area contributed by atoms with E-state index in [0.29, 0.717) is 5.57 Å². The summed E-state index contributed by atoms with van der Waals surface area (Å²) >= 11 is 0. The van der Waals surface area contributed by atoms with E-state index < -0.39 is 0 Å². The molecule has 29 heavy (non-hydrogen) atoms. The van der Waals surface area contributed by atoms with Gasteiger partial charge in [0.2, 0.25) is 0 Å². The number of hydrogen-bond acceptors (Lipinski definition) is 3. The van der Waals surface area contributed by atoms with Crippen LogP contribution in [0.15, 0.2) is 52.0 Å². The molecule has 3 nitrogen and oxygen atoms in total. The van der Waals surface area contributed by atoms with Crippen molar-refractivity contribution >= 4 is 28.7 Å². The number of para-hydroxylation sites is 2. The van der Waals surface area contributed by atoms with Crippen LogP contribution in [0.2, 0.25) is 0 Å². The quantitative estimate of drug-likeness (QED) is 0.474. The maximum absolute atomic E-state index is 7.90. The number of allylic oxidation sites excluding steroid dienone is 1. The molecule has 3 heteroatoms. The van der Waals surface area contributed by atoms with Gasteiger partial charge in [0.25, 0.3) is 0 Å². The second-order valence-electron chi connectivity index (χ2n) is 7.16. The van der Waals surface area contributed by atoms with Crippen LogP contribution < -0.4 is 0 Å². The van der Waals surface area contributed by atoms with Gasteiger partial charge in [0.05, 0.1) is 28.4 Å². The largest absolute Gasteiger partial charge is 0.258 e. The summed E-state index contributed by atoms with van der Waals surface area (Å²) in [4.78, 5) is 9.87. The Labute approximate surface area is 175 Å². The summed E-state index contributed by atoms with van der Waals surface area (Å²) in [6.45, 7) is 12.5. The second-order valence-corrected chi connectivity index (χ2v) is 7.16. The van der Waals surface area contributed by atoms with Crippen molar-refractivity contribution in [3.8, 4) is 0 Å². The first-order valence-corrected chi connectivity index (χ1v) is 10.6. The van der Waals surface area contributed by atoms with Crippen LogP contribution in [0.4, 0.5) is 11.4 Å². The first-order chi connectivity index (χ1) is 14.0. The molecule has 152 valence electrons. The number of hydrogen-bond donors (Lipinski definition) is 1. The number of rotatable bonds is 8. The van der Waals surface area contributed by atoms with Crippen molar-refractivity contribution in [2.75, 3.05) is 0 Å². The zero-order chi connectivity index (χ0) is 21.4. The Morgan fingerprint density at radius 3 is 1.24 bits per heavy atom. The van der Waals surface area contributed by atoms with Crippen LogP contribution in [0, 0.1) is 5.41 Å². The van der Waals surface area contributed by atoms with Crippen molar-refractivity contribution in [2.45, 2.75) is 67.2 Å². The van der Waals surface area contributed by atoms with E-state index in [1.165, 1.54) is 22.3 Å². The molecule has 0 aliphatic carbocycles. The predicted molar refractivity (Wildman–Crippen MR) is 127 cm³/mol. The van der Waals surface area contributed by atoms with E-state index in [4.69, 9.17) is 15.4 Å². The molecule has 2 rings (SSSR count). The molecule has 0 saturated heterocycles. The average molecular weight is 388 g/mol. The first kappa shape index (κ1) is 22.5. The average Bonchev–Trinajstić information content (AvgIpc) is 2.74. The zero-order valence-corrected chi connectivity index (χ0v) is 18.7. The fraction of sp³-hybridized carbons (Fsp3) is 0.385. The molecule has 0 aromatic heterocycles. The normalized spacial score (nSPS) is 12.1. The molecule has 0 aliphatic rings. The third kappa shape index (κ3) is 5.19. The maximum atomic E-state index is 7.90. The Balaban J connectivity index is 2.54. The van der Waals surface area contributed by atoms with E-state index in [-0.39, 0.29) is 0 Å². The van der Waals surface area contributed by atoms with Crippen molar-refractivity contribution in [3.63, 3.8) is 0 Å². The van der Waals surface area contributed by atoms with Crippen LogP contribution in [-0.4, -0.2) is 17.3 Å². The number of aliphatic imine (C=N–C) groups is 2. The molecule has 0 amide bonds. The molecular formula is C26H33N3. The molecule has 0 bridgehead atoms. The lowest BCUT2D eigenvalue weighted by molar-refractivity contribution is 1.08. The molecule has 0 spiro atoms. The van der Waals surface area contributed by atoms with Crippen LogP contribution in [-0.2, 0) is 25.7 Å². The van der Waals surface area contributed by atoms with Crippen molar-refractivity contribution in [1.82, 2.24) is 0 Å². The molecule has 1 N–H and O–H groups in total. The molecule has 0 unspecified atom stereocenters. The summed E-state index contributed by atoms with van der Waals surface area (Å²) in [5.41, 5.74) is 9.19. The summed E-state index contributed by atoms with van der Waals surface area (Å²) in [5.74, 6) is 2.60. The van der Waals surface area contributed by atoms with Gasteiger partial charge in [-0.25, -0.2) is 0 Å². The fourth-order valence-corrected chi connectivity index (χ4v) is 3.61. The summed E-state index contributed by atoms with van der Waals surface area (Å²) in [5, 5.41) is 7.90. The Bertz CT molecular complexity index is 855. The van der Waals surface area contributed by atoms with Gasteiger partial charge >= 0.3 is 0 Å². The molecule has 0 fully saturated rings.